The Morgan fingerprint density at radius 1 is 1.05 bits per heavy atom. The van der Waals surface area contributed by atoms with E-state index in [9.17, 15) is 4.39 Å². The predicted octanol–water partition coefficient (Wildman–Crippen LogP) is 5.68. The molecule has 0 aliphatic carbocycles. The molecule has 0 heterocycles. The van der Waals surface area contributed by atoms with Gasteiger partial charge in [-0.25, -0.2) is 4.39 Å². The van der Waals surface area contributed by atoms with E-state index < -0.39 is 0 Å². The van der Waals surface area contributed by atoms with Crippen molar-refractivity contribution < 1.29 is 4.39 Å². The maximum atomic E-state index is 14.0. The van der Waals surface area contributed by atoms with Crippen LogP contribution in [-0.2, 0) is 6.42 Å². The van der Waals surface area contributed by atoms with Gasteiger partial charge in [-0.15, -0.1) is 0 Å². The van der Waals surface area contributed by atoms with Crippen molar-refractivity contribution in [3.8, 4) is 0 Å². The Labute approximate surface area is 139 Å². The van der Waals surface area contributed by atoms with E-state index in [1.165, 1.54) is 6.07 Å². The van der Waals surface area contributed by atoms with Gasteiger partial charge in [-0.1, -0.05) is 47.8 Å². The highest BCUT2D eigenvalue weighted by molar-refractivity contribution is 6.33. The lowest BCUT2D eigenvalue weighted by Crippen LogP contribution is -2.23. The fourth-order valence-electron chi connectivity index (χ4n) is 2.23. The van der Waals surface area contributed by atoms with Crippen LogP contribution in [0.5, 0.6) is 0 Å². The molecule has 1 unspecified atom stereocenters. The number of hydrogen-bond donors (Lipinski definition) is 1. The van der Waals surface area contributed by atoms with E-state index in [0.29, 0.717) is 27.1 Å². The van der Waals surface area contributed by atoms with Crippen molar-refractivity contribution >= 4 is 34.8 Å². The number of benzene rings is 2. The summed E-state index contributed by atoms with van der Waals surface area (Å²) in [6.07, 6.45) is 0.469. The SMILES string of the molecule is CCNC(Cc1ccc(Cl)cc1F)c1cc(Cl)ccc1Cl. The second-order valence-electron chi connectivity index (χ2n) is 4.72. The van der Waals surface area contributed by atoms with E-state index in [0.717, 1.165) is 12.1 Å². The van der Waals surface area contributed by atoms with Crippen LogP contribution in [0, 0.1) is 5.82 Å². The van der Waals surface area contributed by atoms with Crippen molar-refractivity contribution in [3.05, 3.63) is 68.4 Å². The molecular formula is C16H15Cl3FN. The van der Waals surface area contributed by atoms with Crippen molar-refractivity contribution in [3.63, 3.8) is 0 Å². The topological polar surface area (TPSA) is 12.0 Å². The highest BCUT2D eigenvalue weighted by atomic mass is 35.5. The van der Waals surface area contributed by atoms with Crippen LogP contribution in [0.15, 0.2) is 36.4 Å². The first kappa shape index (κ1) is 16.6. The zero-order valence-corrected chi connectivity index (χ0v) is 13.7. The molecule has 0 bridgehead atoms. The van der Waals surface area contributed by atoms with Crippen LogP contribution in [0.3, 0.4) is 0 Å². The molecule has 0 aliphatic heterocycles. The van der Waals surface area contributed by atoms with Gasteiger partial charge in [0.1, 0.15) is 5.82 Å². The first-order chi connectivity index (χ1) is 10.0. The summed E-state index contributed by atoms with van der Waals surface area (Å²) in [5.41, 5.74) is 1.45. The average molecular weight is 347 g/mol. The molecule has 0 aromatic heterocycles. The summed E-state index contributed by atoms with van der Waals surface area (Å²) in [7, 11) is 0. The van der Waals surface area contributed by atoms with E-state index in [1.54, 1.807) is 24.3 Å². The molecule has 0 aliphatic rings. The van der Waals surface area contributed by atoms with E-state index in [-0.39, 0.29) is 11.9 Å². The fourth-order valence-corrected chi connectivity index (χ4v) is 2.82. The molecule has 2 aromatic rings. The second kappa shape index (κ2) is 7.46. The van der Waals surface area contributed by atoms with E-state index in [2.05, 4.69) is 5.32 Å². The molecule has 2 rings (SSSR count). The van der Waals surface area contributed by atoms with Gasteiger partial charge in [-0.2, -0.15) is 0 Å². The summed E-state index contributed by atoms with van der Waals surface area (Å²) in [4.78, 5) is 0. The predicted molar refractivity (Wildman–Crippen MR) is 88.0 cm³/mol. The van der Waals surface area contributed by atoms with Crippen molar-refractivity contribution in [1.29, 1.82) is 0 Å². The Hall–Kier alpha value is -0.800. The first-order valence-electron chi connectivity index (χ1n) is 6.63. The molecule has 112 valence electrons. The lowest BCUT2D eigenvalue weighted by molar-refractivity contribution is 0.528. The molecule has 21 heavy (non-hydrogen) atoms. The number of halogens is 4. The zero-order chi connectivity index (χ0) is 15.4. The van der Waals surface area contributed by atoms with Crippen molar-refractivity contribution in [1.82, 2.24) is 5.32 Å². The van der Waals surface area contributed by atoms with E-state index in [1.807, 2.05) is 13.0 Å². The molecule has 0 fully saturated rings. The number of likely N-dealkylation sites (N-methyl/N-ethyl adjacent to an activating group) is 1. The Morgan fingerprint density at radius 2 is 1.71 bits per heavy atom. The van der Waals surface area contributed by atoms with Gasteiger partial charge >= 0.3 is 0 Å². The average Bonchev–Trinajstić information content (AvgIpc) is 2.44. The first-order valence-corrected chi connectivity index (χ1v) is 7.77. The maximum absolute atomic E-state index is 14.0. The van der Waals surface area contributed by atoms with Crippen LogP contribution in [0.25, 0.3) is 0 Å². The van der Waals surface area contributed by atoms with Crippen LogP contribution in [0.2, 0.25) is 15.1 Å². The molecule has 0 spiro atoms. The van der Waals surface area contributed by atoms with E-state index in [4.69, 9.17) is 34.8 Å². The minimum atomic E-state index is -0.316. The van der Waals surface area contributed by atoms with Crippen molar-refractivity contribution in [2.75, 3.05) is 6.54 Å². The normalized spacial score (nSPS) is 12.4. The summed E-state index contributed by atoms with van der Waals surface area (Å²) < 4.78 is 14.0. The van der Waals surface area contributed by atoms with Crippen LogP contribution in [-0.4, -0.2) is 6.54 Å². The third kappa shape index (κ3) is 4.33. The van der Waals surface area contributed by atoms with Gasteiger partial charge in [-0.05, 0) is 54.4 Å². The highest BCUT2D eigenvalue weighted by Crippen LogP contribution is 2.29. The van der Waals surface area contributed by atoms with Gasteiger partial charge < -0.3 is 5.32 Å². The molecule has 0 amide bonds. The Morgan fingerprint density at radius 3 is 2.38 bits per heavy atom. The molecule has 1 N–H and O–H groups in total. The summed E-state index contributed by atoms with van der Waals surface area (Å²) in [5, 5.41) is 4.92. The largest absolute Gasteiger partial charge is 0.310 e. The quantitative estimate of drug-likeness (QED) is 0.734. The zero-order valence-electron chi connectivity index (χ0n) is 11.5. The third-order valence-corrected chi connectivity index (χ3v) is 4.04. The summed E-state index contributed by atoms with van der Waals surface area (Å²) in [6.45, 7) is 2.73. The molecule has 5 heteroatoms. The Kier molecular flexibility index (Phi) is 5.88. The lowest BCUT2D eigenvalue weighted by Gasteiger charge is -2.20. The van der Waals surface area contributed by atoms with Gasteiger partial charge in [0.15, 0.2) is 0 Å². The number of nitrogens with one attached hydrogen (secondary N) is 1. The minimum Gasteiger partial charge on any atom is -0.310 e. The summed E-state index contributed by atoms with van der Waals surface area (Å²) in [5.74, 6) is -0.316. The van der Waals surface area contributed by atoms with Crippen LogP contribution in [0.1, 0.15) is 24.1 Å². The smallest absolute Gasteiger partial charge is 0.127 e. The van der Waals surface area contributed by atoms with E-state index >= 15 is 0 Å². The molecule has 1 atom stereocenters. The maximum Gasteiger partial charge on any atom is 0.127 e. The van der Waals surface area contributed by atoms with Crippen LogP contribution in [0.4, 0.5) is 4.39 Å². The lowest BCUT2D eigenvalue weighted by atomic mass is 9.98. The molecule has 0 radical (unpaired) electrons. The molecule has 2 aromatic carbocycles. The van der Waals surface area contributed by atoms with Gasteiger partial charge in [0.25, 0.3) is 0 Å². The van der Waals surface area contributed by atoms with Crippen molar-refractivity contribution in [2.45, 2.75) is 19.4 Å². The Bertz CT molecular complexity index is 631. The standard InChI is InChI=1S/C16H15Cl3FN/c1-2-21-16(13-8-11(17)5-6-14(13)19)7-10-3-4-12(18)9-15(10)20/h3-6,8-9,16,21H,2,7H2,1H3. The van der Waals surface area contributed by atoms with Gasteiger partial charge in [-0.3, -0.25) is 0 Å². The number of rotatable bonds is 5. The van der Waals surface area contributed by atoms with Crippen molar-refractivity contribution in [2.24, 2.45) is 0 Å². The van der Waals surface area contributed by atoms with Gasteiger partial charge in [0, 0.05) is 21.1 Å². The number of hydrogen-bond acceptors (Lipinski definition) is 1. The van der Waals surface area contributed by atoms with Crippen LogP contribution >= 0.6 is 34.8 Å². The minimum absolute atomic E-state index is 0.114. The molecular weight excluding hydrogens is 332 g/mol. The van der Waals surface area contributed by atoms with Crippen LogP contribution < -0.4 is 5.32 Å². The Balaban J connectivity index is 2.32. The third-order valence-electron chi connectivity index (χ3n) is 3.22. The highest BCUT2D eigenvalue weighted by Gasteiger charge is 2.17. The molecule has 0 saturated carbocycles. The summed E-state index contributed by atoms with van der Waals surface area (Å²) in [6, 6.07) is 9.88. The summed E-state index contributed by atoms with van der Waals surface area (Å²) >= 11 is 18.1. The van der Waals surface area contributed by atoms with Gasteiger partial charge in [0.2, 0.25) is 0 Å². The van der Waals surface area contributed by atoms with Gasteiger partial charge in [0.05, 0.1) is 0 Å². The second-order valence-corrected chi connectivity index (χ2v) is 6.00. The molecule has 1 nitrogen and oxygen atoms in total. The molecule has 0 saturated heterocycles. The monoisotopic (exact) mass is 345 g/mol. The fraction of sp³-hybridized carbons (Fsp3) is 0.250.